The monoisotopic (exact) mass is 271 g/mol. The van der Waals surface area contributed by atoms with Gasteiger partial charge in [0.05, 0.1) is 11.1 Å². The van der Waals surface area contributed by atoms with Gasteiger partial charge >= 0.3 is 0 Å². The third-order valence-corrected chi connectivity index (χ3v) is 3.50. The van der Waals surface area contributed by atoms with Gasteiger partial charge in [-0.1, -0.05) is 32.0 Å². The summed E-state index contributed by atoms with van der Waals surface area (Å²) in [4.78, 5) is 18.8. The van der Waals surface area contributed by atoms with Crippen LogP contribution in [0, 0.1) is 0 Å². The average molecular weight is 271 g/mol. The summed E-state index contributed by atoms with van der Waals surface area (Å²) in [5.74, 6) is -0.0317. The zero-order valence-electron chi connectivity index (χ0n) is 12.1. The number of amides is 1. The SMILES string of the molecule is CCN(CC)CCNC(=O)c1ccnc2ccccc12. The Morgan fingerprint density at radius 2 is 1.95 bits per heavy atom. The lowest BCUT2D eigenvalue weighted by molar-refractivity contribution is 0.0950. The summed E-state index contributed by atoms with van der Waals surface area (Å²) >= 11 is 0. The van der Waals surface area contributed by atoms with E-state index in [4.69, 9.17) is 0 Å². The summed E-state index contributed by atoms with van der Waals surface area (Å²) in [6.45, 7) is 7.80. The van der Waals surface area contributed by atoms with Crippen LogP contribution in [-0.4, -0.2) is 42.0 Å². The molecule has 0 saturated carbocycles. The number of rotatable bonds is 6. The molecule has 4 nitrogen and oxygen atoms in total. The van der Waals surface area contributed by atoms with Gasteiger partial charge in [-0.2, -0.15) is 0 Å². The highest BCUT2D eigenvalue weighted by molar-refractivity contribution is 6.05. The fourth-order valence-electron chi connectivity index (χ4n) is 2.26. The molecule has 1 N–H and O–H groups in total. The van der Waals surface area contributed by atoms with Gasteiger partial charge in [0.1, 0.15) is 0 Å². The second-order valence-corrected chi connectivity index (χ2v) is 4.66. The van der Waals surface area contributed by atoms with Gasteiger partial charge in [0.25, 0.3) is 5.91 Å². The minimum Gasteiger partial charge on any atom is -0.351 e. The molecule has 1 aromatic carbocycles. The van der Waals surface area contributed by atoms with Gasteiger partial charge < -0.3 is 10.2 Å². The summed E-state index contributed by atoms with van der Waals surface area (Å²) in [6, 6.07) is 9.48. The molecule has 0 unspecified atom stereocenters. The third-order valence-electron chi connectivity index (χ3n) is 3.50. The molecule has 0 bridgehead atoms. The lowest BCUT2D eigenvalue weighted by Gasteiger charge is -2.18. The highest BCUT2D eigenvalue weighted by Gasteiger charge is 2.09. The number of hydrogen-bond donors (Lipinski definition) is 1. The first-order chi connectivity index (χ1) is 9.76. The standard InChI is InChI=1S/C16H21N3O/c1-3-19(4-2)12-11-18-16(20)14-9-10-17-15-8-6-5-7-13(14)15/h5-10H,3-4,11-12H2,1-2H3,(H,18,20). The molecule has 0 atom stereocenters. The van der Waals surface area contributed by atoms with Crippen LogP contribution in [0.4, 0.5) is 0 Å². The number of carbonyl (C=O) groups excluding carboxylic acids is 1. The second kappa shape index (κ2) is 7.01. The van der Waals surface area contributed by atoms with Crippen LogP contribution in [0.3, 0.4) is 0 Å². The topological polar surface area (TPSA) is 45.2 Å². The second-order valence-electron chi connectivity index (χ2n) is 4.66. The molecule has 0 aliphatic carbocycles. The summed E-state index contributed by atoms with van der Waals surface area (Å²) < 4.78 is 0. The normalized spacial score (nSPS) is 10.9. The number of likely N-dealkylation sites (N-methyl/N-ethyl adjacent to an activating group) is 1. The zero-order valence-corrected chi connectivity index (χ0v) is 12.1. The minimum atomic E-state index is -0.0317. The Hall–Kier alpha value is -1.94. The van der Waals surface area contributed by atoms with Crippen molar-refractivity contribution < 1.29 is 4.79 Å². The van der Waals surface area contributed by atoms with E-state index in [0.717, 1.165) is 30.5 Å². The van der Waals surface area contributed by atoms with Gasteiger partial charge in [0.2, 0.25) is 0 Å². The Balaban J connectivity index is 2.05. The van der Waals surface area contributed by atoms with Crippen LogP contribution >= 0.6 is 0 Å². The molecule has 2 aromatic rings. The van der Waals surface area contributed by atoms with E-state index in [-0.39, 0.29) is 5.91 Å². The predicted octanol–water partition coefficient (Wildman–Crippen LogP) is 2.31. The van der Waals surface area contributed by atoms with Crippen LogP contribution < -0.4 is 5.32 Å². The number of fused-ring (bicyclic) bond motifs is 1. The summed E-state index contributed by atoms with van der Waals surface area (Å²) in [7, 11) is 0. The number of benzene rings is 1. The number of carbonyl (C=O) groups is 1. The predicted molar refractivity (Wildman–Crippen MR) is 81.9 cm³/mol. The Morgan fingerprint density at radius 1 is 1.20 bits per heavy atom. The Labute approximate surface area is 119 Å². The summed E-state index contributed by atoms with van der Waals surface area (Å²) in [5, 5.41) is 3.88. The maximum atomic E-state index is 12.3. The number of nitrogens with one attached hydrogen (secondary N) is 1. The maximum Gasteiger partial charge on any atom is 0.252 e. The van der Waals surface area contributed by atoms with Crippen LogP contribution in [0.1, 0.15) is 24.2 Å². The molecule has 2 rings (SSSR count). The quantitative estimate of drug-likeness (QED) is 0.877. The van der Waals surface area contributed by atoms with Crippen molar-refractivity contribution in [3.63, 3.8) is 0 Å². The van der Waals surface area contributed by atoms with E-state index in [0.29, 0.717) is 12.1 Å². The van der Waals surface area contributed by atoms with Crippen molar-refractivity contribution in [2.75, 3.05) is 26.2 Å². The van der Waals surface area contributed by atoms with Crippen molar-refractivity contribution in [1.82, 2.24) is 15.2 Å². The van der Waals surface area contributed by atoms with Crippen molar-refractivity contribution >= 4 is 16.8 Å². The highest BCUT2D eigenvalue weighted by Crippen LogP contribution is 2.15. The van der Waals surface area contributed by atoms with E-state index in [9.17, 15) is 4.79 Å². The van der Waals surface area contributed by atoms with Crippen LogP contribution in [0.15, 0.2) is 36.5 Å². The number of pyridine rings is 1. The van der Waals surface area contributed by atoms with Gasteiger partial charge in [0.15, 0.2) is 0 Å². The first-order valence-corrected chi connectivity index (χ1v) is 7.10. The van der Waals surface area contributed by atoms with Crippen LogP contribution in [-0.2, 0) is 0 Å². The van der Waals surface area contributed by atoms with Gasteiger partial charge in [0, 0.05) is 24.7 Å². The van der Waals surface area contributed by atoms with E-state index in [1.807, 2.05) is 24.3 Å². The zero-order chi connectivity index (χ0) is 14.4. The van der Waals surface area contributed by atoms with Crippen molar-refractivity contribution in [3.8, 4) is 0 Å². The smallest absolute Gasteiger partial charge is 0.252 e. The Morgan fingerprint density at radius 3 is 2.70 bits per heavy atom. The Kier molecular flexibility index (Phi) is 5.07. The Bertz CT molecular complexity index is 573. The summed E-state index contributed by atoms with van der Waals surface area (Å²) in [5.41, 5.74) is 1.54. The number of para-hydroxylation sites is 1. The molecule has 1 aromatic heterocycles. The van der Waals surface area contributed by atoms with Gasteiger partial charge in [-0.25, -0.2) is 0 Å². The number of nitrogens with zero attached hydrogens (tertiary/aromatic N) is 2. The lowest BCUT2D eigenvalue weighted by Crippen LogP contribution is -2.34. The van der Waals surface area contributed by atoms with Crippen molar-refractivity contribution in [1.29, 1.82) is 0 Å². The lowest BCUT2D eigenvalue weighted by atomic mass is 10.1. The van der Waals surface area contributed by atoms with Gasteiger partial charge in [-0.15, -0.1) is 0 Å². The molecule has 20 heavy (non-hydrogen) atoms. The molecule has 1 amide bonds. The maximum absolute atomic E-state index is 12.3. The average Bonchev–Trinajstić information content (AvgIpc) is 2.51. The first-order valence-electron chi connectivity index (χ1n) is 7.10. The fraction of sp³-hybridized carbons (Fsp3) is 0.375. The van der Waals surface area contributed by atoms with E-state index >= 15 is 0 Å². The van der Waals surface area contributed by atoms with Crippen molar-refractivity contribution in [2.24, 2.45) is 0 Å². The number of hydrogen-bond acceptors (Lipinski definition) is 3. The van der Waals surface area contributed by atoms with Gasteiger partial charge in [-0.3, -0.25) is 9.78 Å². The molecule has 0 fully saturated rings. The molecule has 1 heterocycles. The van der Waals surface area contributed by atoms with Gasteiger partial charge in [-0.05, 0) is 25.2 Å². The van der Waals surface area contributed by atoms with Crippen molar-refractivity contribution in [3.05, 3.63) is 42.1 Å². The molecule has 0 saturated heterocycles. The molecule has 0 spiro atoms. The van der Waals surface area contributed by atoms with E-state index in [1.165, 1.54) is 0 Å². The summed E-state index contributed by atoms with van der Waals surface area (Å²) in [6.07, 6.45) is 1.68. The first kappa shape index (κ1) is 14.5. The van der Waals surface area contributed by atoms with Crippen LogP contribution in [0.2, 0.25) is 0 Å². The number of aromatic nitrogens is 1. The molecule has 106 valence electrons. The molecule has 0 radical (unpaired) electrons. The van der Waals surface area contributed by atoms with E-state index in [2.05, 4.69) is 29.0 Å². The molecular weight excluding hydrogens is 250 g/mol. The van der Waals surface area contributed by atoms with E-state index < -0.39 is 0 Å². The van der Waals surface area contributed by atoms with E-state index in [1.54, 1.807) is 12.3 Å². The fourth-order valence-corrected chi connectivity index (χ4v) is 2.26. The van der Waals surface area contributed by atoms with Crippen LogP contribution in [0.5, 0.6) is 0 Å². The van der Waals surface area contributed by atoms with Crippen LogP contribution in [0.25, 0.3) is 10.9 Å². The third kappa shape index (κ3) is 3.33. The largest absolute Gasteiger partial charge is 0.351 e. The minimum absolute atomic E-state index is 0.0317. The van der Waals surface area contributed by atoms with Crippen molar-refractivity contribution in [2.45, 2.75) is 13.8 Å². The molecule has 0 aliphatic rings. The molecule has 0 aliphatic heterocycles. The molecular formula is C16H21N3O. The molecule has 4 heteroatoms. The highest BCUT2D eigenvalue weighted by atomic mass is 16.1.